The zero-order valence-electron chi connectivity index (χ0n) is 11.8. The first-order chi connectivity index (χ1) is 8.72. The average molecular weight is 247 g/mol. The lowest BCUT2D eigenvalue weighted by atomic mass is 10.1. The van der Waals surface area contributed by atoms with Crippen LogP contribution in [-0.2, 0) is 6.42 Å². The third-order valence-electron chi connectivity index (χ3n) is 3.78. The van der Waals surface area contributed by atoms with Gasteiger partial charge in [-0.2, -0.15) is 0 Å². The van der Waals surface area contributed by atoms with Crippen molar-refractivity contribution in [1.29, 1.82) is 0 Å². The maximum absolute atomic E-state index is 5.17. The number of benzene rings is 1. The summed E-state index contributed by atoms with van der Waals surface area (Å²) in [6, 6.07) is 9.74. The molecule has 2 rings (SSSR count). The number of rotatable bonds is 7. The van der Waals surface area contributed by atoms with Gasteiger partial charge in [-0.05, 0) is 49.8 Å². The highest BCUT2D eigenvalue weighted by Gasteiger charge is 2.36. The van der Waals surface area contributed by atoms with E-state index < -0.39 is 0 Å². The summed E-state index contributed by atoms with van der Waals surface area (Å²) in [5.74, 6) is 1.87. The lowest BCUT2D eigenvalue weighted by Crippen LogP contribution is -2.31. The second-order valence-electron chi connectivity index (χ2n) is 5.51. The van der Waals surface area contributed by atoms with E-state index in [0.29, 0.717) is 6.04 Å². The molecule has 2 nitrogen and oxygen atoms in total. The van der Waals surface area contributed by atoms with Crippen molar-refractivity contribution in [2.24, 2.45) is 5.92 Å². The van der Waals surface area contributed by atoms with Crippen LogP contribution in [0.25, 0.3) is 0 Å². The van der Waals surface area contributed by atoms with Crippen molar-refractivity contribution in [3.8, 4) is 5.75 Å². The maximum atomic E-state index is 5.17. The fourth-order valence-electron chi connectivity index (χ4n) is 2.68. The Kier molecular flexibility index (Phi) is 4.65. The molecule has 1 aromatic carbocycles. The second kappa shape index (κ2) is 6.24. The highest BCUT2D eigenvalue weighted by atomic mass is 16.5. The molecule has 0 amide bonds. The van der Waals surface area contributed by atoms with E-state index in [2.05, 4.69) is 31.3 Å². The second-order valence-corrected chi connectivity index (χ2v) is 5.51. The third-order valence-corrected chi connectivity index (χ3v) is 3.78. The van der Waals surface area contributed by atoms with Crippen molar-refractivity contribution in [1.82, 2.24) is 5.32 Å². The Morgan fingerprint density at radius 2 is 2.06 bits per heavy atom. The molecule has 0 heterocycles. The summed E-state index contributed by atoms with van der Waals surface area (Å²) in [5.41, 5.74) is 1.38. The molecule has 0 radical (unpaired) electrons. The molecule has 0 aliphatic heterocycles. The van der Waals surface area contributed by atoms with Crippen LogP contribution in [0, 0.1) is 5.92 Å². The van der Waals surface area contributed by atoms with Gasteiger partial charge in [0.05, 0.1) is 7.11 Å². The zero-order chi connectivity index (χ0) is 13.0. The van der Waals surface area contributed by atoms with E-state index in [1.807, 2.05) is 12.1 Å². The first-order valence-corrected chi connectivity index (χ1v) is 7.12. The maximum Gasteiger partial charge on any atom is 0.118 e. The molecule has 0 spiro atoms. The number of hydrogen-bond acceptors (Lipinski definition) is 2. The molecule has 3 unspecified atom stereocenters. The molecule has 0 saturated heterocycles. The Morgan fingerprint density at radius 1 is 1.33 bits per heavy atom. The molecule has 0 aromatic heterocycles. The van der Waals surface area contributed by atoms with Crippen LogP contribution in [-0.4, -0.2) is 19.2 Å². The van der Waals surface area contributed by atoms with E-state index in [4.69, 9.17) is 4.74 Å². The summed E-state index contributed by atoms with van der Waals surface area (Å²) in [6.45, 7) is 4.56. The van der Waals surface area contributed by atoms with Gasteiger partial charge in [0.2, 0.25) is 0 Å². The fourth-order valence-corrected chi connectivity index (χ4v) is 2.68. The zero-order valence-corrected chi connectivity index (χ0v) is 11.8. The lowest BCUT2D eigenvalue weighted by Gasteiger charge is -2.14. The molecule has 1 aliphatic rings. The summed E-state index contributed by atoms with van der Waals surface area (Å²) in [5, 5.41) is 3.73. The topological polar surface area (TPSA) is 21.3 Å². The van der Waals surface area contributed by atoms with Crippen LogP contribution in [0.3, 0.4) is 0 Å². The largest absolute Gasteiger partial charge is 0.497 e. The minimum absolute atomic E-state index is 0.560. The van der Waals surface area contributed by atoms with Crippen LogP contribution in [0.2, 0.25) is 0 Å². The molecule has 1 aromatic rings. The minimum Gasteiger partial charge on any atom is -0.497 e. The quantitative estimate of drug-likeness (QED) is 0.797. The Labute approximate surface area is 111 Å². The number of ether oxygens (including phenoxy) is 1. The van der Waals surface area contributed by atoms with E-state index in [1.165, 1.54) is 24.8 Å². The first-order valence-electron chi connectivity index (χ1n) is 7.12. The Bertz CT molecular complexity index is 360. The molecule has 0 bridgehead atoms. The Morgan fingerprint density at radius 3 is 2.67 bits per heavy atom. The third kappa shape index (κ3) is 3.74. The molecule has 1 saturated carbocycles. The average Bonchev–Trinajstić information content (AvgIpc) is 3.08. The SMILES string of the molecule is CCCC1CC1NC(C)Cc1ccc(OC)cc1. The predicted molar refractivity (Wildman–Crippen MR) is 76.1 cm³/mol. The van der Waals surface area contributed by atoms with Gasteiger partial charge in [-0.1, -0.05) is 25.5 Å². The summed E-state index contributed by atoms with van der Waals surface area (Å²) >= 11 is 0. The number of methoxy groups -OCH3 is 1. The predicted octanol–water partition coefficient (Wildman–Crippen LogP) is 3.40. The van der Waals surface area contributed by atoms with Gasteiger partial charge in [0.1, 0.15) is 5.75 Å². The van der Waals surface area contributed by atoms with Crippen LogP contribution in [0.15, 0.2) is 24.3 Å². The normalized spacial score (nSPS) is 23.7. The summed E-state index contributed by atoms with van der Waals surface area (Å²) in [7, 11) is 1.71. The minimum atomic E-state index is 0.560. The fraction of sp³-hybridized carbons (Fsp3) is 0.625. The molecule has 18 heavy (non-hydrogen) atoms. The van der Waals surface area contributed by atoms with E-state index in [1.54, 1.807) is 7.11 Å². The van der Waals surface area contributed by atoms with Crippen LogP contribution in [0.5, 0.6) is 5.75 Å². The summed E-state index contributed by atoms with van der Waals surface area (Å²) < 4.78 is 5.17. The van der Waals surface area contributed by atoms with Gasteiger partial charge < -0.3 is 10.1 Å². The van der Waals surface area contributed by atoms with Crippen molar-refractivity contribution in [2.75, 3.05) is 7.11 Å². The van der Waals surface area contributed by atoms with E-state index in [0.717, 1.165) is 24.1 Å². The molecule has 1 N–H and O–H groups in total. The van der Waals surface area contributed by atoms with Crippen LogP contribution in [0.4, 0.5) is 0 Å². The molecular weight excluding hydrogens is 222 g/mol. The van der Waals surface area contributed by atoms with Crippen molar-refractivity contribution >= 4 is 0 Å². The first kappa shape index (κ1) is 13.4. The van der Waals surface area contributed by atoms with Crippen LogP contribution >= 0.6 is 0 Å². The van der Waals surface area contributed by atoms with Crippen molar-refractivity contribution in [3.63, 3.8) is 0 Å². The Balaban J connectivity index is 1.75. The number of nitrogens with one attached hydrogen (secondary N) is 1. The summed E-state index contributed by atoms with van der Waals surface area (Å²) in [6.07, 6.45) is 5.17. The van der Waals surface area contributed by atoms with Gasteiger partial charge >= 0.3 is 0 Å². The molecule has 3 atom stereocenters. The monoisotopic (exact) mass is 247 g/mol. The smallest absolute Gasteiger partial charge is 0.118 e. The van der Waals surface area contributed by atoms with E-state index in [-0.39, 0.29) is 0 Å². The Hall–Kier alpha value is -1.02. The van der Waals surface area contributed by atoms with Crippen LogP contribution < -0.4 is 10.1 Å². The molecule has 1 fully saturated rings. The highest BCUT2D eigenvalue weighted by Crippen LogP contribution is 2.35. The van der Waals surface area contributed by atoms with Gasteiger partial charge in [0.15, 0.2) is 0 Å². The summed E-state index contributed by atoms with van der Waals surface area (Å²) in [4.78, 5) is 0. The highest BCUT2D eigenvalue weighted by molar-refractivity contribution is 5.27. The van der Waals surface area contributed by atoms with Gasteiger partial charge in [-0.25, -0.2) is 0 Å². The molecule has 100 valence electrons. The molecular formula is C16H25NO. The van der Waals surface area contributed by atoms with Gasteiger partial charge in [-0.15, -0.1) is 0 Å². The molecule has 1 aliphatic carbocycles. The molecule has 2 heteroatoms. The van der Waals surface area contributed by atoms with E-state index in [9.17, 15) is 0 Å². The number of hydrogen-bond donors (Lipinski definition) is 1. The lowest BCUT2D eigenvalue weighted by molar-refractivity contribution is 0.414. The standard InChI is InChI=1S/C16H25NO/c1-4-5-14-11-16(14)17-12(2)10-13-6-8-15(18-3)9-7-13/h6-9,12,14,16-17H,4-5,10-11H2,1-3H3. The van der Waals surface area contributed by atoms with Gasteiger partial charge in [-0.3, -0.25) is 0 Å². The van der Waals surface area contributed by atoms with Crippen molar-refractivity contribution < 1.29 is 4.74 Å². The van der Waals surface area contributed by atoms with Crippen molar-refractivity contribution in [2.45, 2.75) is 51.6 Å². The van der Waals surface area contributed by atoms with Gasteiger partial charge in [0, 0.05) is 12.1 Å². The van der Waals surface area contributed by atoms with E-state index >= 15 is 0 Å². The van der Waals surface area contributed by atoms with Crippen molar-refractivity contribution in [3.05, 3.63) is 29.8 Å². The van der Waals surface area contributed by atoms with Gasteiger partial charge in [0.25, 0.3) is 0 Å². The van der Waals surface area contributed by atoms with Crippen LogP contribution in [0.1, 0.15) is 38.7 Å².